The summed E-state index contributed by atoms with van der Waals surface area (Å²) in [6.45, 7) is 1.72. The van der Waals surface area contributed by atoms with Gasteiger partial charge in [-0.2, -0.15) is 0 Å². The Labute approximate surface area is 130 Å². The highest BCUT2D eigenvalue weighted by Crippen LogP contribution is 2.28. The van der Waals surface area contributed by atoms with Gasteiger partial charge in [-0.25, -0.2) is 8.78 Å². The maximum atomic E-state index is 13.1. The lowest BCUT2D eigenvalue weighted by Crippen LogP contribution is -2.22. The number of halogens is 3. The number of carbonyl (C=O) groups is 1. The number of amides is 1. The fourth-order valence-corrected chi connectivity index (χ4v) is 2.74. The first-order valence-electron chi connectivity index (χ1n) is 6.14. The van der Waals surface area contributed by atoms with Crippen molar-refractivity contribution in [1.82, 2.24) is 0 Å². The molecule has 0 fully saturated rings. The zero-order valence-corrected chi connectivity index (χ0v) is 12.6. The molecule has 0 aliphatic heterocycles. The van der Waals surface area contributed by atoms with Gasteiger partial charge in [0, 0.05) is 10.6 Å². The van der Waals surface area contributed by atoms with Crippen molar-refractivity contribution in [2.24, 2.45) is 0 Å². The fraction of sp³-hybridized carbons (Fsp3) is 0.133. The van der Waals surface area contributed by atoms with Gasteiger partial charge in [-0.15, -0.1) is 11.8 Å². The van der Waals surface area contributed by atoms with Crippen molar-refractivity contribution in [3.05, 3.63) is 59.1 Å². The second-order valence-corrected chi connectivity index (χ2v) is 6.15. The van der Waals surface area contributed by atoms with E-state index in [9.17, 15) is 13.6 Å². The lowest BCUT2D eigenvalue weighted by molar-refractivity contribution is -0.115. The molecule has 21 heavy (non-hydrogen) atoms. The summed E-state index contributed by atoms with van der Waals surface area (Å²) in [7, 11) is 0. The molecule has 0 aliphatic carbocycles. The summed E-state index contributed by atoms with van der Waals surface area (Å²) in [6.07, 6.45) is 0. The van der Waals surface area contributed by atoms with Gasteiger partial charge >= 0.3 is 0 Å². The molecule has 2 aromatic carbocycles. The minimum atomic E-state index is -0.496. The third-order valence-electron chi connectivity index (χ3n) is 2.68. The summed E-state index contributed by atoms with van der Waals surface area (Å²) in [6, 6.07) is 9.81. The number of hydrogen-bond acceptors (Lipinski definition) is 2. The first kappa shape index (κ1) is 15.8. The van der Waals surface area contributed by atoms with Crippen LogP contribution in [-0.4, -0.2) is 11.2 Å². The minimum Gasteiger partial charge on any atom is -0.325 e. The molecular weight excluding hydrogens is 316 g/mol. The Morgan fingerprint density at radius 3 is 2.48 bits per heavy atom. The molecule has 110 valence electrons. The van der Waals surface area contributed by atoms with Crippen LogP contribution < -0.4 is 5.32 Å². The third-order valence-corrected chi connectivity index (χ3v) is 4.07. The van der Waals surface area contributed by atoms with Gasteiger partial charge in [0.05, 0.1) is 10.3 Å². The highest BCUT2D eigenvalue weighted by atomic mass is 35.5. The first-order valence-corrected chi connectivity index (χ1v) is 7.39. The summed E-state index contributed by atoms with van der Waals surface area (Å²) < 4.78 is 25.8. The van der Waals surface area contributed by atoms with Crippen molar-refractivity contribution in [1.29, 1.82) is 0 Å². The molecule has 0 saturated carbocycles. The van der Waals surface area contributed by atoms with Crippen LogP contribution in [0.15, 0.2) is 47.4 Å². The number of thioether (sulfide) groups is 1. The van der Waals surface area contributed by atoms with Gasteiger partial charge in [-0.05, 0) is 49.4 Å². The predicted octanol–water partition coefficient (Wildman–Crippen LogP) is 4.74. The van der Waals surface area contributed by atoms with Gasteiger partial charge in [-0.3, -0.25) is 4.79 Å². The van der Waals surface area contributed by atoms with Crippen LogP contribution in [0.4, 0.5) is 14.5 Å². The van der Waals surface area contributed by atoms with Gasteiger partial charge < -0.3 is 5.32 Å². The molecule has 0 spiro atoms. The van der Waals surface area contributed by atoms with E-state index in [1.165, 1.54) is 48.2 Å². The van der Waals surface area contributed by atoms with Crippen LogP contribution in [0.3, 0.4) is 0 Å². The normalized spacial score (nSPS) is 12.0. The quantitative estimate of drug-likeness (QED) is 0.822. The van der Waals surface area contributed by atoms with Crippen molar-refractivity contribution >= 4 is 35.0 Å². The zero-order valence-electron chi connectivity index (χ0n) is 11.1. The average Bonchev–Trinajstić information content (AvgIpc) is 2.45. The number of carbonyl (C=O) groups excluding carboxylic acids is 1. The first-order chi connectivity index (χ1) is 9.95. The topological polar surface area (TPSA) is 29.1 Å². The molecule has 1 atom stereocenters. The number of rotatable bonds is 4. The molecular formula is C15H12ClF2NOS. The summed E-state index contributed by atoms with van der Waals surface area (Å²) in [4.78, 5) is 12.7. The molecule has 0 unspecified atom stereocenters. The Bertz CT molecular complexity index is 649. The van der Waals surface area contributed by atoms with Crippen molar-refractivity contribution in [3.63, 3.8) is 0 Å². The molecule has 0 aliphatic rings. The van der Waals surface area contributed by atoms with Crippen LogP contribution in [0.25, 0.3) is 0 Å². The van der Waals surface area contributed by atoms with E-state index < -0.39 is 11.1 Å². The zero-order chi connectivity index (χ0) is 15.4. The second-order valence-electron chi connectivity index (χ2n) is 4.33. The lowest BCUT2D eigenvalue weighted by atomic mass is 10.3. The molecule has 0 radical (unpaired) electrons. The summed E-state index contributed by atoms with van der Waals surface area (Å²) in [5.41, 5.74) is 0.519. The molecule has 0 aromatic heterocycles. The highest BCUT2D eigenvalue weighted by Gasteiger charge is 2.15. The molecule has 2 nitrogen and oxygen atoms in total. The van der Waals surface area contributed by atoms with Crippen LogP contribution in [-0.2, 0) is 4.79 Å². The van der Waals surface area contributed by atoms with E-state index in [1.54, 1.807) is 13.0 Å². The number of hydrogen-bond donors (Lipinski definition) is 1. The lowest BCUT2D eigenvalue weighted by Gasteiger charge is -2.12. The fourth-order valence-electron chi connectivity index (χ4n) is 1.58. The van der Waals surface area contributed by atoms with E-state index in [-0.39, 0.29) is 16.7 Å². The van der Waals surface area contributed by atoms with E-state index in [2.05, 4.69) is 5.32 Å². The Balaban J connectivity index is 1.98. The van der Waals surface area contributed by atoms with Crippen LogP contribution >= 0.6 is 23.4 Å². The van der Waals surface area contributed by atoms with Gasteiger partial charge in [0.25, 0.3) is 0 Å². The summed E-state index contributed by atoms with van der Waals surface area (Å²) in [5.74, 6) is -1.09. The average molecular weight is 328 g/mol. The minimum absolute atomic E-state index is 0.0196. The van der Waals surface area contributed by atoms with Crippen LogP contribution in [0, 0.1) is 11.6 Å². The Morgan fingerprint density at radius 1 is 1.19 bits per heavy atom. The second kappa shape index (κ2) is 6.91. The van der Waals surface area contributed by atoms with Crippen molar-refractivity contribution in [3.8, 4) is 0 Å². The SMILES string of the molecule is C[C@@H](Sc1ccc(F)c(Cl)c1)C(=O)Nc1ccc(F)cc1. The Hall–Kier alpha value is -1.59. The molecule has 2 aromatic rings. The number of nitrogens with one attached hydrogen (secondary N) is 1. The van der Waals surface area contributed by atoms with Crippen molar-refractivity contribution < 1.29 is 13.6 Å². The smallest absolute Gasteiger partial charge is 0.237 e. The third kappa shape index (κ3) is 4.44. The van der Waals surface area contributed by atoms with Gasteiger partial charge in [-0.1, -0.05) is 11.6 Å². The molecule has 0 saturated heterocycles. The largest absolute Gasteiger partial charge is 0.325 e. The van der Waals surface area contributed by atoms with E-state index >= 15 is 0 Å². The maximum absolute atomic E-state index is 13.1. The van der Waals surface area contributed by atoms with Gasteiger partial charge in [0.2, 0.25) is 5.91 Å². The molecule has 6 heteroatoms. The standard InChI is InChI=1S/C15H12ClF2NOS/c1-9(21-12-6-7-14(18)13(16)8-12)15(20)19-11-4-2-10(17)3-5-11/h2-9H,1H3,(H,19,20)/t9-/m1/s1. The monoisotopic (exact) mass is 327 g/mol. The van der Waals surface area contributed by atoms with Gasteiger partial charge in [0.15, 0.2) is 0 Å². The van der Waals surface area contributed by atoms with Gasteiger partial charge in [0.1, 0.15) is 11.6 Å². The van der Waals surface area contributed by atoms with Crippen molar-refractivity contribution in [2.75, 3.05) is 5.32 Å². The Kier molecular flexibility index (Phi) is 5.20. The molecule has 0 heterocycles. The van der Waals surface area contributed by atoms with Crippen LogP contribution in [0.5, 0.6) is 0 Å². The van der Waals surface area contributed by atoms with Crippen LogP contribution in [0.1, 0.15) is 6.92 Å². The van der Waals surface area contributed by atoms with E-state index in [0.29, 0.717) is 10.6 Å². The Morgan fingerprint density at radius 2 is 1.86 bits per heavy atom. The van der Waals surface area contributed by atoms with Crippen LogP contribution in [0.2, 0.25) is 5.02 Å². The molecule has 2 rings (SSSR count). The highest BCUT2D eigenvalue weighted by molar-refractivity contribution is 8.00. The number of benzene rings is 2. The summed E-state index contributed by atoms with van der Waals surface area (Å²) in [5, 5.41) is 2.30. The number of anilines is 1. The molecule has 1 N–H and O–H groups in total. The summed E-state index contributed by atoms with van der Waals surface area (Å²) >= 11 is 6.96. The predicted molar refractivity (Wildman–Crippen MR) is 81.8 cm³/mol. The van der Waals surface area contributed by atoms with Crippen molar-refractivity contribution in [2.45, 2.75) is 17.1 Å². The maximum Gasteiger partial charge on any atom is 0.237 e. The molecule has 0 bridgehead atoms. The van der Waals surface area contributed by atoms with E-state index in [4.69, 9.17) is 11.6 Å². The van der Waals surface area contributed by atoms with E-state index in [0.717, 1.165) is 0 Å². The molecule has 1 amide bonds. The van der Waals surface area contributed by atoms with E-state index in [1.807, 2.05) is 0 Å².